The van der Waals surface area contributed by atoms with Crippen LogP contribution in [0.3, 0.4) is 0 Å². The highest BCUT2D eigenvalue weighted by Crippen LogP contribution is 2.34. The van der Waals surface area contributed by atoms with E-state index in [9.17, 15) is 13.2 Å². The van der Waals surface area contributed by atoms with Crippen LogP contribution >= 0.6 is 12.2 Å². The lowest BCUT2D eigenvalue weighted by molar-refractivity contribution is -0.274. The first-order valence-corrected chi connectivity index (χ1v) is 13.0. The van der Waals surface area contributed by atoms with Crippen molar-refractivity contribution in [3.63, 3.8) is 0 Å². The van der Waals surface area contributed by atoms with E-state index in [-0.39, 0.29) is 5.75 Å². The second-order valence-electron chi connectivity index (χ2n) is 9.27. The number of aromatic nitrogens is 2. The van der Waals surface area contributed by atoms with Crippen LogP contribution in [0.4, 0.5) is 18.9 Å². The van der Waals surface area contributed by atoms with E-state index < -0.39 is 6.36 Å². The van der Waals surface area contributed by atoms with Gasteiger partial charge in [-0.15, -0.1) is 13.2 Å². The standard InChI is InChI=1S/C30H26F3N5OS/c1-4-20-7-5-6-18(2)26(20)35-29(40)36-34-17-19-8-14-24-22(16-19)11-15-25-27(24)37-38(3)28(25)21-9-12-23(13-10-21)39-30(31,32)33/h5-17H,4H2,1-3H3,(H2,35,36,40). The average molecular weight is 562 g/mol. The number of anilines is 1. The highest BCUT2D eigenvalue weighted by molar-refractivity contribution is 7.80. The number of benzene rings is 4. The van der Waals surface area contributed by atoms with Crippen LogP contribution in [0, 0.1) is 6.92 Å². The summed E-state index contributed by atoms with van der Waals surface area (Å²) in [7, 11) is 1.81. The van der Waals surface area contributed by atoms with Crippen molar-refractivity contribution in [2.75, 3.05) is 5.32 Å². The number of hydrogen-bond donors (Lipinski definition) is 2. The van der Waals surface area contributed by atoms with Crippen molar-refractivity contribution in [2.45, 2.75) is 26.6 Å². The second-order valence-corrected chi connectivity index (χ2v) is 9.68. The maximum Gasteiger partial charge on any atom is 0.573 e. The molecule has 0 aliphatic carbocycles. The van der Waals surface area contributed by atoms with Crippen molar-refractivity contribution in [3.8, 4) is 17.0 Å². The third-order valence-corrected chi connectivity index (χ3v) is 6.76. The van der Waals surface area contributed by atoms with Crippen LogP contribution < -0.4 is 15.5 Å². The molecular formula is C30H26F3N5OS. The summed E-state index contributed by atoms with van der Waals surface area (Å²) in [6, 6.07) is 21.8. The van der Waals surface area contributed by atoms with Crippen molar-refractivity contribution < 1.29 is 17.9 Å². The smallest absolute Gasteiger partial charge is 0.406 e. The summed E-state index contributed by atoms with van der Waals surface area (Å²) in [5.74, 6) is -0.269. The molecule has 0 bridgehead atoms. The van der Waals surface area contributed by atoms with E-state index in [0.717, 1.165) is 56.2 Å². The minimum absolute atomic E-state index is 0.269. The minimum atomic E-state index is -4.73. The first-order valence-electron chi connectivity index (χ1n) is 12.6. The predicted molar refractivity (Wildman–Crippen MR) is 158 cm³/mol. The van der Waals surface area contributed by atoms with Crippen LogP contribution in [0.1, 0.15) is 23.6 Å². The predicted octanol–water partition coefficient (Wildman–Crippen LogP) is 7.48. The van der Waals surface area contributed by atoms with Crippen LogP contribution in [0.25, 0.3) is 32.9 Å². The number of halogens is 3. The number of nitrogens with one attached hydrogen (secondary N) is 2. The lowest BCUT2D eigenvalue weighted by atomic mass is 10.0. The molecule has 0 saturated carbocycles. The van der Waals surface area contributed by atoms with Crippen molar-refractivity contribution in [2.24, 2.45) is 12.1 Å². The fourth-order valence-corrected chi connectivity index (χ4v) is 4.91. The zero-order valence-electron chi connectivity index (χ0n) is 22.0. The number of para-hydroxylation sites is 1. The number of aryl methyl sites for hydroxylation is 3. The van der Waals surface area contributed by atoms with Gasteiger partial charge in [0.1, 0.15) is 11.3 Å². The normalized spacial score (nSPS) is 11.8. The van der Waals surface area contributed by atoms with Gasteiger partial charge in [0.2, 0.25) is 0 Å². The molecule has 6 nitrogen and oxygen atoms in total. The number of hydrogen-bond acceptors (Lipinski definition) is 4. The monoisotopic (exact) mass is 561 g/mol. The third kappa shape index (κ3) is 5.76. The Morgan fingerprint density at radius 1 is 1.05 bits per heavy atom. The molecule has 0 spiro atoms. The van der Waals surface area contributed by atoms with Gasteiger partial charge in [-0.1, -0.05) is 43.3 Å². The molecule has 0 aliphatic heterocycles. The Bertz CT molecular complexity index is 1740. The fourth-order valence-electron chi connectivity index (χ4n) is 4.75. The van der Waals surface area contributed by atoms with E-state index in [4.69, 9.17) is 17.3 Å². The molecule has 1 aromatic heterocycles. The first-order chi connectivity index (χ1) is 19.1. The molecule has 0 fully saturated rings. The van der Waals surface area contributed by atoms with E-state index in [1.807, 2.05) is 56.4 Å². The minimum Gasteiger partial charge on any atom is -0.406 e. The van der Waals surface area contributed by atoms with Crippen LogP contribution in [0.5, 0.6) is 5.75 Å². The topological polar surface area (TPSA) is 63.5 Å². The Labute approximate surface area is 234 Å². The van der Waals surface area contributed by atoms with Gasteiger partial charge in [0.25, 0.3) is 0 Å². The molecule has 10 heteroatoms. The Hall–Kier alpha value is -4.44. The maximum atomic E-state index is 12.5. The zero-order valence-corrected chi connectivity index (χ0v) is 22.8. The summed E-state index contributed by atoms with van der Waals surface area (Å²) < 4.78 is 43.3. The number of ether oxygens (including phenoxy) is 1. The Kier molecular flexibility index (Phi) is 7.44. The molecule has 5 rings (SSSR count). The quantitative estimate of drug-likeness (QED) is 0.128. The van der Waals surface area contributed by atoms with Gasteiger partial charge in [-0.25, -0.2) is 0 Å². The molecule has 204 valence electrons. The van der Waals surface area contributed by atoms with Crippen LogP contribution in [-0.2, 0) is 13.5 Å². The molecule has 0 saturated heterocycles. The van der Waals surface area contributed by atoms with Crippen LogP contribution in [0.2, 0.25) is 0 Å². The molecule has 1 heterocycles. The Balaban J connectivity index is 1.35. The summed E-state index contributed by atoms with van der Waals surface area (Å²) in [6.45, 7) is 4.13. The molecule has 0 amide bonds. The van der Waals surface area contributed by atoms with Crippen LogP contribution in [0.15, 0.2) is 77.9 Å². The highest BCUT2D eigenvalue weighted by Gasteiger charge is 2.31. The van der Waals surface area contributed by atoms with Crippen molar-refractivity contribution in [3.05, 3.63) is 89.5 Å². The third-order valence-electron chi connectivity index (χ3n) is 6.56. The molecule has 0 atom stereocenters. The number of alkyl halides is 3. The van der Waals surface area contributed by atoms with Gasteiger partial charge in [-0.05, 0) is 84.0 Å². The zero-order chi connectivity index (χ0) is 28.4. The van der Waals surface area contributed by atoms with E-state index in [1.54, 1.807) is 23.0 Å². The van der Waals surface area contributed by atoms with Crippen LogP contribution in [-0.4, -0.2) is 27.5 Å². The van der Waals surface area contributed by atoms with Crippen molar-refractivity contribution >= 4 is 50.9 Å². The van der Waals surface area contributed by atoms with E-state index in [2.05, 4.69) is 33.6 Å². The van der Waals surface area contributed by atoms with Crippen molar-refractivity contribution in [1.29, 1.82) is 0 Å². The molecule has 0 unspecified atom stereocenters. The summed E-state index contributed by atoms with van der Waals surface area (Å²) in [5, 5.41) is 15.5. The molecule has 0 aliphatic rings. The molecule has 5 aromatic rings. The number of nitrogens with zero attached hydrogens (tertiary/aromatic N) is 3. The molecule has 4 aromatic carbocycles. The summed E-state index contributed by atoms with van der Waals surface area (Å²) in [4.78, 5) is 0. The van der Waals surface area contributed by atoms with Gasteiger partial charge >= 0.3 is 6.36 Å². The first kappa shape index (κ1) is 27.1. The molecule has 40 heavy (non-hydrogen) atoms. The van der Waals surface area contributed by atoms with E-state index in [0.29, 0.717) is 5.11 Å². The fraction of sp³-hybridized carbons (Fsp3) is 0.167. The maximum absolute atomic E-state index is 12.5. The molecule has 0 radical (unpaired) electrons. The SMILES string of the molecule is CCc1cccc(C)c1NC(=S)NN=Cc1ccc2c(ccc3c(-c4ccc(OC(F)(F)F)cc4)n(C)nc32)c1. The molecular weight excluding hydrogens is 535 g/mol. The second kappa shape index (κ2) is 11.0. The van der Waals surface area contributed by atoms with Gasteiger partial charge in [-0.2, -0.15) is 10.2 Å². The van der Waals surface area contributed by atoms with Gasteiger partial charge < -0.3 is 10.1 Å². The number of thiocarbonyl (C=S) groups is 1. The lowest BCUT2D eigenvalue weighted by Gasteiger charge is -2.14. The Morgan fingerprint density at radius 3 is 2.52 bits per heavy atom. The summed E-state index contributed by atoms with van der Waals surface area (Å²) >= 11 is 5.43. The Morgan fingerprint density at radius 2 is 1.80 bits per heavy atom. The highest BCUT2D eigenvalue weighted by atomic mass is 32.1. The summed E-state index contributed by atoms with van der Waals surface area (Å²) in [6.07, 6.45) is -2.14. The van der Waals surface area contributed by atoms with Gasteiger partial charge in [0, 0.05) is 29.1 Å². The molecule has 2 N–H and O–H groups in total. The number of rotatable bonds is 6. The van der Waals surface area contributed by atoms with Gasteiger partial charge in [0.15, 0.2) is 5.11 Å². The average Bonchev–Trinajstić information content (AvgIpc) is 3.25. The summed E-state index contributed by atoms with van der Waals surface area (Å²) in [5.41, 5.74) is 9.37. The largest absolute Gasteiger partial charge is 0.573 e. The lowest BCUT2D eigenvalue weighted by Crippen LogP contribution is -2.25. The van der Waals surface area contributed by atoms with Gasteiger partial charge in [-0.3, -0.25) is 10.1 Å². The number of hydrazone groups is 1. The van der Waals surface area contributed by atoms with E-state index in [1.165, 1.54) is 17.7 Å². The van der Waals surface area contributed by atoms with Crippen molar-refractivity contribution in [1.82, 2.24) is 15.2 Å². The number of fused-ring (bicyclic) bond motifs is 3. The van der Waals surface area contributed by atoms with E-state index >= 15 is 0 Å². The van der Waals surface area contributed by atoms with Gasteiger partial charge in [0.05, 0.1) is 11.9 Å².